The zero-order valence-electron chi connectivity index (χ0n) is 32.8. The summed E-state index contributed by atoms with van der Waals surface area (Å²) >= 11 is 0. The van der Waals surface area contributed by atoms with Gasteiger partial charge in [-0.2, -0.15) is 0 Å². The normalized spacial score (nSPS) is 13.2. The minimum Gasteiger partial charge on any atom is -0.457 e. The summed E-state index contributed by atoms with van der Waals surface area (Å²) in [5.74, 6) is 3.41. The van der Waals surface area contributed by atoms with Gasteiger partial charge in [-0.15, -0.1) is 0 Å². The van der Waals surface area contributed by atoms with E-state index in [0.29, 0.717) is 17.5 Å². The third-order valence-electron chi connectivity index (χ3n) is 12.7. The van der Waals surface area contributed by atoms with Crippen molar-refractivity contribution in [3.8, 4) is 62.5 Å². The molecule has 284 valence electrons. The first kappa shape index (κ1) is 33.8. The van der Waals surface area contributed by atoms with Crippen LogP contribution in [-0.2, 0) is 5.41 Å². The first-order valence-electron chi connectivity index (χ1n) is 20.7. The third kappa shape index (κ3) is 4.92. The Balaban J connectivity index is 0.986. The summed E-state index contributed by atoms with van der Waals surface area (Å²) in [6, 6.07) is 73.0. The van der Waals surface area contributed by atoms with Gasteiger partial charge in [-0.3, -0.25) is 0 Å². The maximum absolute atomic E-state index is 6.87. The number of para-hydroxylation sites is 3. The van der Waals surface area contributed by atoms with Gasteiger partial charge >= 0.3 is 0 Å². The molecule has 0 radical (unpaired) electrons. The third-order valence-corrected chi connectivity index (χ3v) is 12.7. The molecular weight excluding hydrogens is 745 g/mol. The topological polar surface area (TPSA) is 52.8 Å². The van der Waals surface area contributed by atoms with Crippen LogP contribution in [0.25, 0.3) is 83.6 Å². The van der Waals surface area contributed by atoms with E-state index < -0.39 is 5.41 Å². The van der Waals surface area contributed by atoms with Gasteiger partial charge in [-0.1, -0.05) is 152 Å². The minimum absolute atomic E-state index is 0.547. The first-order valence-corrected chi connectivity index (χ1v) is 20.7. The van der Waals surface area contributed by atoms with Gasteiger partial charge in [0.05, 0.1) is 16.4 Å². The SMILES string of the molecule is c1ccc2c(c1)Oc1cc(-c3nc(-c4ccc(-n5c6ccccc6c6ccccc65)cc4)nc(-c4ccc5ccccc5c4)n3)ccc1C21c2ccccc2-c2ccccc21. The zero-order valence-corrected chi connectivity index (χ0v) is 32.8. The largest absolute Gasteiger partial charge is 0.457 e. The van der Waals surface area contributed by atoms with E-state index in [4.69, 9.17) is 19.7 Å². The van der Waals surface area contributed by atoms with Crippen molar-refractivity contribution >= 4 is 32.6 Å². The van der Waals surface area contributed by atoms with Crippen LogP contribution in [0.3, 0.4) is 0 Å². The van der Waals surface area contributed by atoms with E-state index in [0.717, 1.165) is 55.8 Å². The van der Waals surface area contributed by atoms with Gasteiger partial charge in [0.25, 0.3) is 0 Å². The van der Waals surface area contributed by atoms with E-state index in [9.17, 15) is 0 Å². The van der Waals surface area contributed by atoms with Crippen LogP contribution in [0.1, 0.15) is 22.3 Å². The van der Waals surface area contributed by atoms with Crippen molar-refractivity contribution in [2.75, 3.05) is 0 Å². The summed E-state index contributed by atoms with van der Waals surface area (Å²) in [5, 5.41) is 4.75. The molecule has 0 N–H and O–H groups in total. The summed E-state index contributed by atoms with van der Waals surface area (Å²) in [5.41, 5.74) is 12.8. The monoisotopic (exact) mass is 778 g/mol. The molecule has 5 heteroatoms. The van der Waals surface area contributed by atoms with E-state index in [-0.39, 0.29) is 0 Å². The zero-order chi connectivity index (χ0) is 40.1. The molecule has 2 aromatic heterocycles. The first-order chi connectivity index (χ1) is 30.2. The summed E-state index contributed by atoms with van der Waals surface area (Å²) in [6.07, 6.45) is 0. The molecule has 0 amide bonds. The number of nitrogens with zero attached hydrogens (tertiary/aromatic N) is 4. The van der Waals surface area contributed by atoms with E-state index >= 15 is 0 Å². The lowest BCUT2D eigenvalue weighted by Gasteiger charge is -2.39. The average molecular weight is 779 g/mol. The highest BCUT2D eigenvalue weighted by atomic mass is 16.5. The Morgan fingerprint density at radius 1 is 0.361 bits per heavy atom. The molecule has 5 nitrogen and oxygen atoms in total. The number of benzene rings is 9. The fourth-order valence-corrected chi connectivity index (χ4v) is 10.1. The molecule has 3 heterocycles. The maximum atomic E-state index is 6.87. The lowest BCUT2D eigenvalue weighted by molar-refractivity contribution is 0.436. The molecule has 1 aliphatic heterocycles. The second-order valence-corrected chi connectivity index (χ2v) is 15.9. The van der Waals surface area contributed by atoms with Crippen LogP contribution in [0.15, 0.2) is 206 Å². The molecule has 1 aliphatic carbocycles. The van der Waals surface area contributed by atoms with Crippen LogP contribution >= 0.6 is 0 Å². The second-order valence-electron chi connectivity index (χ2n) is 15.9. The molecule has 0 saturated heterocycles. The molecule has 13 rings (SSSR count). The number of fused-ring (bicyclic) bond motifs is 13. The number of aromatic nitrogens is 4. The Bertz CT molecular complexity index is 3490. The fourth-order valence-electron chi connectivity index (χ4n) is 10.1. The van der Waals surface area contributed by atoms with Crippen molar-refractivity contribution in [2.24, 2.45) is 0 Å². The Labute approximate surface area is 351 Å². The van der Waals surface area contributed by atoms with Gasteiger partial charge < -0.3 is 9.30 Å². The van der Waals surface area contributed by atoms with Crippen molar-refractivity contribution in [1.82, 2.24) is 19.5 Å². The van der Waals surface area contributed by atoms with Gasteiger partial charge in [-0.25, -0.2) is 15.0 Å². The van der Waals surface area contributed by atoms with E-state index in [1.54, 1.807) is 0 Å². The average Bonchev–Trinajstić information content (AvgIpc) is 3.82. The summed E-state index contributed by atoms with van der Waals surface area (Å²) in [6.45, 7) is 0. The highest BCUT2D eigenvalue weighted by molar-refractivity contribution is 6.09. The van der Waals surface area contributed by atoms with Crippen molar-refractivity contribution < 1.29 is 4.74 Å². The smallest absolute Gasteiger partial charge is 0.164 e. The Morgan fingerprint density at radius 3 is 1.54 bits per heavy atom. The number of hydrogen-bond donors (Lipinski definition) is 0. The molecular formula is C56H34N4O. The van der Waals surface area contributed by atoms with Crippen LogP contribution in [0, 0.1) is 0 Å². The van der Waals surface area contributed by atoms with Crippen LogP contribution in [0.4, 0.5) is 0 Å². The van der Waals surface area contributed by atoms with Gasteiger partial charge in [0.15, 0.2) is 17.5 Å². The fraction of sp³-hybridized carbons (Fsp3) is 0.0179. The van der Waals surface area contributed by atoms with Gasteiger partial charge in [0, 0.05) is 44.3 Å². The van der Waals surface area contributed by atoms with Crippen molar-refractivity contribution in [1.29, 1.82) is 0 Å². The molecule has 9 aromatic carbocycles. The standard InChI is InChI=1S/C56H34N4O/c1-2-14-37-33-38(26-25-35(37)13-1)54-57-53(36-27-30-40(31-28-36)60-49-22-10-5-17-43(49)44-18-6-11-23-50(44)60)58-55(59-54)39-29-32-48-52(34-39)61-51-24-12-9-21-47(51)56(48)45-19-7-3-15-41(45)42-16-4-8-20-46(42)56/h1-34H. The lowest BCUT2D eigenvalue weighted by Crippen LogP contribution is -2.32. The Hall–Kier alpha value is -8.15. The van der Waals surface area contributed by atoms with E-state index in [1.807, 2.05) is 0 Å². The number of rotatable bonds is 4. The summed E-state index contributed by atoms with van der Waals surface area (Å²) < 4.78 is 9.20. The molecule has 0 unspecified atom stereocenters. The lowest BCUT2D eigenvalue weighted by atomic mass is 9.66. The number of ether oxygens (including phenoxy) is 1. The van der Waals surface area contributed by atoms with E-state index in [2.05, 4.69) is 211 Å². The highest BCUT2D eigenvalue weighted by Crippen LogP contribution is 2.62. The molecule has 0 bridgehead atoms. The molecule has 1 spiro atoms. The van der Waals surface area contributed by atoms with Gasteiger partial charge in [-0.05, 0) is 87.6 Å². The Kier molecular flexibility index (Phi) is 7.16. The predicted molar refractivity (Wildman–Crippen MR) is 245 cm³/mol. The molecule has 0 atom stereocenters. The molecule has 61 heavy (non-hydrogen) atoms. The van der Waals surface area contributed by atoms with Crippen molar-refractivity contribution in [2.45, 2.75) is 5.41 Å². The van der Waals surface area contributed by atoms with Crippen LogP contribution in [-0.4, -0.2) is 19.5 Å². The van der Waals surface area contributed by atoms with Crippen LogP contribution in [0.5, 0.6) is 11.5 Å². The molecule has 0 saturated carbocycles. The van der Waals surface area contributed by atoms with Crippen LogP contribution < -0.4 is 4.74 Å². The van der Waals surface area contributed by atoms with Crippen molar-refractivity contribution in [3.05, 3.63) is 229 Å². The Morgan fingerprint density at radius 2 is 0.852 bits per heavy atom. The van der Waals surface area contributed by atoms with Gasteiger partial charge in [0.1, 0.15) is 11.5 Å². The van der Waals surface area contributed by atoms with Crippen LogP contribution in [0.2, 0.25) is 0 Å². The molecule has 11 aromatic rings. The van der Waals surface area contributed by atoms with Crippen molar-refractivity contribution in [3.63, 3.8) is 0 Å². The van der Waals surface area contributed by atoms with Gasteiger partial charge in [0.2, 0.25) is 0 Å². The maximum Gasteiger partial charge on any atom is 0.164 e. The quantitative estimate of drug-likeness (QED) is 0.179. The molecule has 2 aliphatic rings. The highest BCUT2D eigenvalue weighted by Gasteiger charge is 2.51. The summed E-state index contributed by atoms with van der Waals surface area (Å²) in [7, 11) is 0. The summed E-state index contributed by atoms with van der Waals surface area (Å²) in [4.78, 5) is 15.6. The molecule has 0 fully saturated rings. The minimum atomic E-state index is -0.547. The van der Waals surface area contributed by atoms with E-state index in [1.165, 1.54) is 44.1 Å². The second kappa shape index (κ2) is 12.9. The predicted octanol–water partition coefficient (Wildman–Crippen LogP) is 13.6. The number of hydrogen-bond acceptors (Lipinski definition) is 4.